The van der Waals surface area contributed by atoms with Gasteiger partial charge in [-0.1, -0.05) is 0 Å². The van der Waals surface area contributed by atoms with E-state index >= 15 is 0 Å². The van der Waals surface area contributed by atoms with Gasteiger partial charge in [0.15, 0.2) is 0 Å². The van der Waals surface area contributed by atoms with Crippen molar-refractivity contribution in [2.45, 2.75) is 12.6 Å². The number of rotatable bonds is 7. The average Bonchev–Trinajstić information content (AvgIpc) is 2.78. The Morgan fingerprint density at radius 3 is 2.63 bits per heavy atom. The van der Waals surface area contributed by atoms with Crippen LogP contribution in [0.3, 0.4) is 0 Å². The Bertz CT molecular complexity index is 422. The summed E-state index contributed by atoms with van der Waals surface area (Å²) in [6.45, 7) is 0.986. The van der Waals surface area contributed by atoms with Gasteiger partial charge in [-0.05, 0) is 0 Å². The molecule has 10 heteroatoms. The first-order valence-corrected chi connectivity index (χ1v) is 6.09. The van der Waals surface area contributed by atoms with E-state index in [4.69, 9.17) is 15.9 Å². The van der Waals surface area contributed by atoms with Gasteiger partial charge < -0.3 is 15.4 Å². The van der Waals surface area contributed by atoms with Gasteiger partial charge in [-0.15, -0.1) is 0 Å². The minimum Gasteiger partial charge on any atom is -0.388 e. The van der Waals surface area contributed by atoms with E-state index in [2.05, 4.69) is 9.36 Å². The van der Waals surface area contributed by atoms with Crippen molar-refractivity contribution in [3.05, 3.63) is 5.82 Å². The van der Waals surface area contributed by atoms with Crippen molar-refractivity contribution in [3.8, 4) is 0 Å². The number of alkyl halides is 3. The number of anilines is 1. The minimum atomic E-state index is -4.55. The van der Waals surface area contributed by atoms with Crippen LogP contribution in [0.15, 0.2) is 0 Å². The van der Waals surface area contributed by atoms with E-state index in [1.807, 2.05) is 0 Å². The van der Waals surface area contributed by atoms with E-state index in [0.717, 1.165) is 0 Å². The van der Waals surface area contributed by atoms with Gasteiger partial charge >= 0.3 is 6.18 Å². The molecule has 0 aliphatic heterocycles. The minimum absolute atomic E-state index is 0.0389. The molecule has 0 aliphatic carbocycles. The van der Waals surface area contributed by atoms with Gasteiger partial charge in [-0.3, -0.25) is 5.41 Å². The molecule has 3 N–H and O–H groups in total. The molecule has 1 aromatic rings. The molecule has 1 heterocycles. The summed E-state index contributed by atoms with van der Waals surface area (Å²) in [6.07, 6.45) is -4.31. The molecule has 6 nitrogen and oxygen atoms in total. The topological polar surface area (TPSA) is 88.1 Å². The van der Waals surface area contributed by atoms with Crippen LogP contribution in [0.2, 0.25) is 0 Å². The zero-order chi connectivity index (χ0) is 14.5. The maximum atomic E-state index is 12.4. The van der Waals surface area contributed by atoms with Crippen LogP contribution < -0.4 is 10.6 Å². The van der Waals surface area contributed by atoms with Crippen LogP contribution in [0.4, 0.5) is 18.3 Å². The summed E-state index contributed by atoms with van der Waals surface area (Å²) in [5.74, 6) is -1.19. The lowest BCUT2D eigenvalue weighted by Crippen LogP contribution is -2.31. The first-order chi connectivity index (χ1) is 8.84. The van der Waals surface area contributed by atoms with Crippen molar-refractivity contribution in [2.24, 2.45) is 5.73 Å². The van der Waals surface area contributed by atoms with Crippen molar-refractivity contribution in [1.29, 1.82) is 5.41 Å². The van der Waals surface area contributed by atoms with E-state index in [1.165, 1.54) is 7.11 Å². The Balaban J connectivity index is 2.78. The normalized spacial score (nSPS) is 11.6. The molecule has 0 unspecified atom stereocenters. The second kappa shape index (κ2) is 6.66. The number of hydrogen-bond acceptors (Lipinski definition) is 6. The lowest BCUT2D eigenvalue weighted by molar-refractivity contribution is -0.144. The number of aromatic nitrogens is 2. The number of nitrogens with two attached hydrogens (primary N) is 1. The molecule has 0 spiro atoms. The highest BCUT2D eigenvalue weighted by atomic mass is 32.1. The number of halogens is 3. The fourth-order valence-electron chi connectivity index (χ4n) is 1.22. The standard InChI is InChI=1S/C9H14F3N5OS/c1-18-5-4-17(3-2-6(13)14)8-15-7(16-19-8)9(10,11)12/h2-5H2,1H3,(H3,13,14). The van der Waals surface area contributed by atoms with E-state index in [1.54, 1.807) is 4.90 Å². The third-order valence-electron chi connectivity index (χ3n) is 2.16. The van der Waals surface area contributed by atoms with Gasteiger partial charge in [0.1, 0.15) is 0 Å². The fourth-order valence-corrected chi connectivity index (χ4v) is 1.96. The van der Waals surface area contributed by atoms with Crippen molar-refractivity contribution in [1.82, 2.24) is 9.36 Å². The smallest absolute Gasteiger partial charge is 0.388 e. The highest BCUT2D eigenvalue weighted by Crippen LogP contribution is 2.30. The molecule has 0 aliphatic rings. The van der Waals surface area contributed by atoms with Gasteiger partial charge in [0, 0.05) is 38.2 Å². The molecule has 0 amide bonds. The third kappa shape index (κ3) is 4.99. The lowest BCUT2D eigenvalue weighted by Gasteiger charge is -2.20. The molecule has 0 fully saturated rings. The second-order valence-corrected chi connectivity index (χ2v) is 4.38. The molecule has 0 saturated heterocycles. The highest BCUT2D eigenvalue weighted by molar-refractivity contribution is 7.09. The summed E-state index contributed by atoms with van der Waals surface area (Å²) >= 11 is 0.665. The number of methoxy groups -OCH3 is 1. The molecule has 19 heavy (non-hydrogen) atoms. The van der Waals surface area contributed by atoms with Crippen molar-refractivity contribution in [2.75, 3.05) is 31.7 Å². The monoisotopic (exact) mass is 297 g/mol. The Morgan fingerprint density at radius 2 is 2.16 bits per heavy atom. The molecular formula is C9H14F3N5OS. The van der Waals surface area contributed by atoms with Gasteiger partial charge in [0.25, 0.3) is 0 Å². The summed E-state index contributed by atoms with van der Waals surface area (Å²) in [4.78, 5) is 5.02. The fraction of sp³-hybridized carbons (Fsp3) is 0.667. The first kappa shape index (κ1) is 15.6. The Labute approximate surface area is 112 Å². The molecule has 1 aromatic heterocycles. The highest BCUT2D eigenvalue weighted by Gasteiger charge is 2.36. The number of ether oxygens (including phenoxy) is 1. The Hall–Kier alpha value is -1.42. The van der Waals surface area contributed by atoms with Crippen molar-refractivity contribution < 1.29 is 17.9 Å². The molecule has 0 saturated carbocycles. The summed E-state index contributed by atoms with van der Waals surface area (Å²) < 4.78 is 45.4. The van der Waals surface area contributed by atoms with Crippen molar-refractivity contribution in [3.63, 3.8) is 0 Å². The van der Waals surface area contributed by atoms with Gasteiger partial charge in [0.05, 0.1) is 12.4 Å². The number of nitrogens with one attached hydrogen (secondary N) is 1. The summed E-state index contributed by atoms with van der Waals surface area (Å²) in [5, 5.41) is 7.28. The van der Waals surface area contributed by atoms with E-state index in [9.17, 15) is 13.2 Å². The molecule has 0 atom stereocenters. The lowest BCUT2D eigenvalue weighted by atomic mass is 10.3. The third-order valence-corrected chi connectivity index (χ3v) is 2.93. The molecule has 0 bridgehead atoms. The van der Waals surface area contributed by atoms with Crippen molar-refractivity contribution >= 4 is 22.5 Å². The average molecular weight is 297 g/mol. The number of nitrogens with zero attached hydrogens (tertiary/aromatic N) is 3. The Kier molecular flexibility index (Phi) is 5.48. The molecule has 1 rings (SSSR count). The van der Waals surface area contributed by atoms with Crippen LogP contribution in [0.5, 0.6) is 0 Å². The number of amidine groups is 1. The predicted octanol–water partition coefficient (Wildman–Crippen LogP) is 1.34. The van der Waals surface area contributed by atoms with E-state index in [0.29, 0.717) is 31.2 Å². The molecule has 0 radical (unpaired) electrons. The van der Waals surface area contributed by atoms with Crippen LogP contribution in [0.25, 0.3) is 0 Å². The van der Waals surface area contributed by atoms with Crippen LogP contribution in [0, 0.1) is 5.41 Å². The summed E-state index contributed by atoms with van der Waals surface area (Å²) in [6, 6.07) is 0. The van der Waals surface area contributed by atoms with Crippen LogP contribution in [-0.4, -0.2) is 42.0 Å². The zero-order valence-electron chi connectivity index (χ0n) is 10.2. The van der Waals surface area contributed by atoms with Crippen LogP contribution in [0.1, 0.15) is 12.2 Å². The SMILES string of the molecule is COCCN(CCC(=N)N)c1nc(C(F)(F)F)ns1. The maximum Gasteiger partial charge on any atom is 0.452 e. The molecule has 108 valence electrons. The largest absolute Gasteiger partial charge is 0.452 e. The second-order valence-electron chi connectivity index (χ2n) is 3.65. The van der Waals surface area contributed by atoms with Gasteiger partial charge in [-0.25, -0.2) is 0 Å². The molecule has 0 aromatic carbocycles. The van der Waals surface area contributed by atoms with Crippen LogP contribution >= 0.6 is 11.5 Å². The molecular weight excluding hydrogens is 283 g/mol. The summed E-state index contributed by atoms with van der Waals surface area (Å²) in [7, 11) is 1.49. The van der Waals surface area contributed by atoms with Gasteiger partial charge in [-0.2, -0.15) is 22.5 Å². The quantitative estimate of drug-likeness (QED) is 0.585. The van der Waals surface area contributed by atoms with E-state index in [-0.39, 0.29) is 17.4 Å². The summed E-state index contributed by atoms with van der Waals surface area (Å²) in [5.41, 5.74) is 5.23. The first-order valence-electron chi connectivity index (χ1n) is 5.32. The van der Waals surface area contributed by atoms with Crippen LogP contribution in [-0.2, 0) is 10.9 Å². The number of hydrogen-bond donors (Lipinski definition) is 2. The zero-order valence-corrected chi connectivity index (χ0v) is 11.0. The maximum absolute atomic E-state index is 12.4. The Morgan fingerprint density at radius 1 is 1.47 bits per heavy atom. The van der Waals surface area contributed by atoms with E-state index < -0.39 is 12.0 Å². The van der Waals surface area contributed by atoms with Gasteiger partial charge in [0.2, 0.25) is 11.0 Å². The predicted molar refractivity (Wildman–Crippen MR) is 65.5 cm³/mol.